The molecule has 0 bridgehead atoms. The van der Waals surface area contributed by atoms with Gasteiger partial charge in [0.1, 0.15) is 11.5 Å². The molecule has 1 amide bonds. The van der Waals surface area contributed by atoms with Crippen molar-refractivity contribution >= 4 is 5.91 Å². The third kappa shape index (κ3) is 3.83. The predicted molar refractivity (Wildman–Crippen MR) is 74.4 cm³/mol. The number of aryl methyl sites for hydroxylation is 1. The standard InChI is InChI=1S/C15H24N2O2/c1-10(2)8-14(16)15(18)17(12-5-6-12)9-13-7-4-11(3)19-13/h4,7,10,12,14H,5-6,8-9,16H2,1-3H3/t14-/m1/s1. The average molecular weight is 264 g/mol. The van der Waals surface area contributed by atoms with Gasteiger partial charge < -0.3 is 15.1 Å². The Hall–Kier alpha value is -1.29. The molecular formula is C15H24N2O2. The predicted octanol–water partition coefficient (Wildman–Crippen LogP) is 2.45. The molecule has 0 aromatic carbocycles. The maximum atomic E-state index is 12.4. The van der Waals surface area contributed by atoms with Gasteiger partial charge >= 0.3 is 0 Å². The lowest BCUT2D eigenvalue weighted by atomic mass is 10.0. The zero-order valence-electron chi connectivity index (χ0n) is 12.1. The van der Waals surface area contributed by atoms with Gasteiger partial charge in [-0.1, -0.05) is 13.8 Å². The number of nitrogens with zero attached hydrogens (tertiary/aromatic N) is 1. The molecule has 1 aliphatic rings. The molecule has 1 fully saturated rings. The molecule has 1 aromatic rings. The fourth-order valence-electron chi connectivity index (χ4n) is 2.33. The van der Waals surface area contributed by atoms with Crippen LogP contribution in [0.5, 0.6) is 0 Å². The number of hydrogen-bond donors (Lipinski definition) is 1. The van der Waals surface area contributed by atoms with Crippen LogP contribution >= 0.6 is 0 Å². The van der Waals surface area contributed by atoms with Crippen LogP contribution in [-0.4, -0.2) is 22.9 Å². The molecule has 2 N–H and O–H groups in total. The van der Waals surface area contributed by atoms with Crippen molar-refractivity contribution in [3.63, 3.8) is 0 Å². The Morgan fingerprint density at radius 3 is 2.63 bits per heavy atom. The Bertz CT molecular complexity index is 435. The second-order valence-corrected chi connectivity index (χ2v) is 5.95. The van der Waals surface area contributed by atoms with Crippen LogP contribution in [0.3, 0.4) is 0 Å². The van der Waals surface area contributed by atoms with Gasteiger partial charge in [0.05, 0.1) is 12.6 Å². The first kappa shape index (κ1) is 14.1. The highest BCUT2D eigenvalue weighted by atomic mass is 16.3. The van der Waals surface area contributed by atoms with Crippen molar-refractivity contribution in [2.24, 2.45) is 11.7 Å². The van der Waals surface area contributed by atoms with Gasteiger partial charge in [-0.15, -0.1) is 0 Å². The number of carbonyl (C=O) groups excluding carboxylic acids is 1. The highest BCUT2D eigenvalue weighted by Crippen LogP contribution is 2.29. The molecule has 0 radical (unpaired) electrons. The minimum absolute atomic E-state index is 0.0604. The maximum Gasteiger partial charge on any atom is 0.240 e. The van der Waals surface area contributed by atoms with Gasteiger partial charge in [0.15, 0.2) is 0 Å². The SMILES string of the molecule is Cc1ccc(CN(C(=O)[C@H](N)CC(C)C)C2CC2)o1. The van der Waals surface area contributed by atoms with Gasteiger partial charge in [-0.3, -0.25) is 4.79 Å². The number of nitrogens with two attached hydrogens (primary N) is 1. The Morgan fingerprint density at radius 1 is 1.47 bits per heavy atom. The van der Waals surface area contributed by atoms with Crippen molar-refractivity contribution in [1.82, 2.24) is 4.90 Å². The van der Waals surface area contributed by atoms with E-state index in [1.807, 2.05) is 24.0 Å². The van der Waals surface area contributed by atoms with Crippen LogP contribution in [0, 0.1) is 12.8 Å². The Balaban J connectivity index is 2.01. The molecule has 0 aliphatic heterocycles. The molecule has 1 atom stereocenters. The Kier molecular flexibility index (Phi) is 4.30. The fraction of sp³-hybridized carbons (Fsp3) is 0.667. The highest BCUT2D eigenvalue weighted by Gasteiger charge is 2.35. The normalized spacial score (nSPS) is 16.7. The van der Waals surface area contributed by atoms with Crippen molar-refractivity contribution in [2.75, 3.05) is 0 Å². The number of carbonyl (C=O) groups is 1. The van der Waals surface area contributed by atoms with Crippen LogP contribution in [-0.2, 0) is 11.3 Å². The van der Waals surface area contributed by atoms with Crippen molar-refractivity contribution in [3.05, 3.63) is 23.7 Å². The molecule has 2 rings (SSSR count). The van der Waals surface area contributed by atoms with Gasteiger partial charge in [0, 0.05) is 6.04 Å². The minimum atomic E-state index is -0.392. The largest absolute Gasteiger partial charge is 0.464 e. The second-order valence-electron chi connectivity index (χ2n) is 5.95. The summed E-state index contributed by atoms with van der Waals surface area (Å²) >= 11 is 0. The van der Waals surface area contributed by atoms with E-state index in [9.17, 15) is 4.79 Å². The molecule has 1 aromatic heterocycles. The van der Waals surface area contributed by atoms with Crippen molar-refractivity contribution in [1.29, 1.82) is 0 Å². The van der Waals surface area contributed by atoms with Crippen LogP contribution in [0.2, 0.25) is 0 Å². The van der Waals surface area contributed by atoms with Crippen molar-refractivity contribution in [3.8, 4) is 0 Å². The quantitative estimate of drug-likeness (QED) is 0.858. The number of hydrogen-bond acceptors (Lipinski definition) is 3. The first-order valence-corrected chi connectivity index (χ1v) is 7.08. The van der Waals surface area contributed by atoms with Crippen molar-refractivity contribution < 1.29 is 9.21 Å². The van der Waals surface area contributed by atoms with E-state index in [4.69, 9.17) is 10.2 Å². The van der Waals surface area contributed by atoms with Gasteiger partial charge in [0.2, 0.25) is 5.91 Å². The summed E-state index contributed by atoms with van der Waals surface area (Å²) < 4.78 is 5.57. The van der Waals surface area contributed by atoms with Crippen LogP contribution in [0.15, 0.2) is 16.5 Å². The van der Waals surface area contributed by atoms with E-state index in [0.717, 1.165) is 30.8 Å². The smallest absolute Gasteiger partial charge is 0.240 e. The molecule has 4 heteroatoms. The summed E-state index contributed by atoms with van der Waals surface area (Å²) in [5.74, 6) is 2.22. The number of amides is 1. The van der Waals surface area contributed by atoms with Crippen LogP contribution in [0.1, 0.15) is 44.6 Å². The lowest BCUT2D eigenvalue weighted by molar-refractivity contribution is -0.134. The second kappa shape index (κ2) is 5.78. The topological polar surface area (TPSA) is 59.5 Å². The highest BCUT2D eigenvalue weighted by molar-refractivity contribution is 5.82. The molecule has 19 heavy (non-hydrogen) atoms. The lowest BCUT2D eigenvalue weighted by Crippen LogP contribution is -2.45. The van der Waals surface area contributed by atoms with E-state index < -0.39 is 6.04 Å². The molecule has 1 heterocycles. The molecule has 0 unspecified atom stereocenters. The van der Waals surface area contributed by atoms with E-state index in [-0.39, 0.29) is 5.91 Å². The van der Waals surface area contributed by atoms with Gasteiger partial charge in [-0.25, -0.2) is 0 Å². The van der Waals surface area contributed by atoms with Crippen molar-refractivity contribution in [2.45, 2.75) is 58.7 Å². The van der Waals surface area contributed by atoms with Crippen LogP contribution < -0.4 is 5.73 Å². The molecule has 1 saturated carbocycles. The molecule has 0 saturated heterocycles. The third-order valence-corrected chi connectivity index (χ3v) is 3.44. The fourth-order valence-corrected chi connectivity index (χ4v) is 2.33. The van der Waals surface area contributed by atoms with E-state index in [1.54, 1.807) is 0 Å². The summed E-state index contributed by atoms with van der Waals surface area (Å²) in [7, 11) is 0. The van der Waals surface area contributed by atoms with E-state index in [2.05, 4.69) is 13.8 Å². The van der Waals surface area contributed by atoms with Gasteiger partial charge in [-0.2, -0.15) is 0 Å². The Morgan fingerprint density at radius 2 is 2.16 bits per heavy atom. The first-order chi connectivity index (χ1) is 8.97. The number of rotatable bonds is 6. The third-order valence-electron chi connectivity index (χ3n) is 3.44. The zero-order valence-corrected chi connectivity index (χ0v) is 12.1. The molecule has 4 nitrogen and oxygen atoms in total. The summed E-state index contributed by atoms with van der Waals surface area (Å²) in [5.41, 5.74) is 6.02. The molecule has 106 valence electrons. The maximum absolute atomic E-state index is 12.4. The summed E-state index contributed by atoms with van der Waals surface area (Å²) in [4.78, 5) is 14.3. The van der Waals surface area contributed by atoms with Gasteiger partial charge in [0.25, 0.3) is 0 Å². The minimum Gasteiger partial charge on any atom is -0.464 e. The van der Waals surface area contributed by atoms with Crippen LogP contribution in [0.4, 0.5) is 0 Å². The molecular weight excluding hydrogens is 240 g/mol. The number of furan rings is 1. The van der Waals surface area contributed by atoms with E-state index >= 15 is 0 Å². The summed E-state index contributed by atoms with van der Waals surface area (Å²) in [5, 5.41) is 0. The molecule has 1 aliphatic carbocycles. The summed E-state index contributed by atoms with van der Waals surface area (Å²) in [6.07, 6.45) is 2.90. The summed E-state index contributed by atoms with van der Waals surface area (Å²) in [6.45, 7) is 6.63. The van der Waals surface area contributed by atoms with Gasteiger partial charge in [-0.05, 0) is 44.2 Å². The lowest BCUT2D eigenvalue weighted by Gasteiger charge is -2.25. The van der Waals surface area contributed by atoms with Crippen LogP contribution in [0.25, 0.3) is 0 Å². The molecule has 0 spiro atoms. The first-order valence-electron chi connectivity index (χ1n) is 7.08. The van der Waals surface area contributed by atoms with E-state index in [0.29, 0.717) is 18.5 Å². The average Bonchev–Trinajstić information content (AvgIpc) is 3.08. The summed E-state index contributed by atoms with van der Waals surface area (Å²) in [6, 6.07) is 3.83. The van der Waals surface area contributed by atoms with E-state index in [1.165, 1.54) is 0 Å². The zero-order chi connectivity index (χ0) is 14.0. The Labute approximate surface area is 114 Å². The monoisotopic (exact) mass is 264 g/mol.